The van der Waals surface area contributed by atoms with Gasteiger partial charge in [0, 0.05) is 19.3 Å². The Morgan fingerprint density at radius 2 is 1.27 bits per heavy atom. The molecule has 0 aliphatic rings. The van der Waals surface area contributed by atoms with Gasteiger partial charge in [-0.15, -0.1) is 0 Å². The van der Waals surface area contributed by atoms with Crippen LogP contribution in [0.1, 0.15) is 97.8 Å². The fraction of sp³-hybridized carbons (Fsp3) is 0.840. The maximum absolute atomic E-state index is 12.4. The summed E-state index contributed by atoms with van der Waals surface area (Å²) in [6.45, 7) is 6.86. The predicted octanol–water partition coefficient (Wildman–Crippen LogP) is 4.76. The zero-order valence-electron chi connectivity index (χ0n) is 21.0. The molecule has 0 fully saturated rings. The number of unbranched alkanes of at least 4 members (excludes halogenated alkanes) is 1. The van der Waals surface area contributed by atoms with E-state index in [-0.39, 0.29) is 55.0 Å². The second-order valence-electron chi connectivity index (χ2n) is 8.23. The lowest BCUT2D eigenvalue weighted by molar-refractivity contribution is -0.150. The molecule has 0 bridgehead atoms. The highest BCUT2D eigenvalue weighted by Gasteiger charge is 2.23. The Labute approximate surface area is 199 Å². The van der Waals surface area contributed by atoms with Gasteiger partial charge in [0.25, 0.3) is 0 Å². The van der Waals surface area contributed by atoms with Crippen molar-refractivity contribution in [3.8, 4) is 0 Å². The molecule has 2 atom stereocenters. The minimum atomic E-state index is -0.332. The highest BCUT2D eigenvalue weighted by molar-refractivity contribution is 5.73. The van der Waals surface area contributed by atoms with Crippen molar-refractivity contribution >= 4 is 23.9 Å². The maximum atomic E-state index is 12.4. The van der Waals surface area contributed by atoms with Crippen LogP contribution in [0.3, 0.4) is 0 Å². The third-order valence-corrected chi connectivity index (χ3v) is 5.45. The van der Waals surface area contributed by atoms with Crippen LogP contribution >= 0.6 is 0 Å². The van der Waals surface area contributed by atoms with Gasteiger partial charge in [-0.3, -0.25) is 19.2 Å². The van der Waals surface area contributed by atoms with Crippen LogP contribution in [0.15, 0.2) is 0 Å². The number of rotatable bonds is 20. The molecule has 0 amide bonds. The quantitative estimate of drug-likeness (QED) is 0.142. The van der Waals surface area contributed by atoms with Crippen LogP contribution in [0.25, 0.3) is 0 Å². The molecule has 0 radical (unpaired) electrons. The number of ether oxygens (including phenoxy) is 4. The number of carbonyl (C=O) groups excluding carboxylic acids is 4. The van der Waals surface area contributed by atoms with Gasteiger partial charge in [0.05, 0.1) is 32.8 Å². The van der Waals surface area contributed by atoms with Gasteiger partial charge in [-0.05, 0) is 64.2 Å². The van der Waals surface area contributed by atoms with E-state index in [0.29, 0.717) is 58.3 Å². The van der Waals surface area contributed by atoms with Crippen LogP contribution in [0, 0.1) is 11.8 Å². The topological polar surface area (TPSA) is 105 Å². The fourth-order valence-electron chi connectivity index (χ4n) is 3.44. The molecule has 0 heterocycles. The summed E-state index contributed by atoms with van der Waals surface area (Å²) in [7, 11) is 1.35. The first-order valence-corrected chi connectivity index (χ1v) is 12.4. The third-order valence-electron chi connectivity index (χ3n) is 5.45. The molecule has 0 aromatic carbocycles. The average Bonchev–Trinajstić information content (AvgIpc) is 2.80. The van der Waals surface area contributed by atoms with E-state index < -0.39 is 0 Å². The standard InChI is InChI=1S/C25H44O8/c1-5-8-19-33-24(28)17-14-20(13-16-22(26)30-4)12-15-21(25(29)31-7-3)10-9-11-23(27)32-18-6-2/h20-21H,5-19H2,1-4H3. The average molecular weight is 473 g/mol. The van der Waals surface area contributed by atoms with E-state index in [9.17, 15) is 19.2 Å². The number of methoxy groups -OCH3 is 1. The summed E-state index contributed by atoms with van der Waals surface area (Å²) >= 11 is 0. The van der Waals surface area contributed by atoms with Crippen LogP contribution < -0.4 is 0 Å². The normalized spacial score (nSPS) is 12.5. The minimum absolute atomic E-state index is 0.0780. The summed E-state index contributed by atoms with van der Waals surface area (Å²) in [5.41, 5.74) is 0. The van der Waals surface area contributed by atoms with E-state index in [4.69, 9.17) is 18.9 Å². The molecular formula is C25H44O8. The molecule has 33 heavy (non-hydrogen) atoms. The number of hydrogen-bond donors (Lipinski definition) is 0. The van der Waals surface area contributed by atoms with Gasteiger partial charge in [-0.2, -0.15) is 0 Å². The number of carbonyl (C=O) groups is 4. The van der Waals surface area contributed by atoms with E-state index in [0.717, 1.165) is 19.3 Å². The van der Waals surface area contributed by atoms with Crippen LogP contribution in [-0.2, 0) is 38.1 Å². The molecule has 0 aromatic rings. The number of esters is 4. The Hall–Kier alpha value is -2.12. The Kier molecular flexibility index (Phi) is 19.2. The second kappa shape index (κ2) is 20.5. The van der Waals surface area contributed by atoms with Gasteiger partial charge >= 0.3 is 23.9 Å². The summed E-state index contributed by atoms with van der Waals surface area (Å²) < 4.78 is 20.3. The van der Waals surface area contributed by atoms with Gasteiger partial charge in [0.1, 0.15) is 0 Å². The van der Waals surface area contributed by atoms with Crippen molar-refractivity contribution in [2.75, 3.05) is 26.9 Å². The molecule has 8 nitrogen and oxygen atoms in total. The SMILES string of the molecule is CCCCOC(=O)CCC(CCC(=O)OC)CCC(CCCC(=O)OCCC)C(=O)OCC. The van der Waals surface area contributed by atoms with Crippen LogP contribution in [0.4, 0.5) is 0 Å². The summed E-state index contributed by atoms with van der Waals surface area (Å²) in [6.07, 6.45) is 6.86. The molecule has 2 unspecified atom stereocenters. The van der Waals surface area contributed by atoms with E-state index in [1.54, 1.807) is 6.92 Å². The van der Waals surface area contributed by atoms with Crippen molar-refractivity contribution in [1.82, 2.24) is 0 Å². The molecule has 0 spiro atoms. The minimum Gasteiger partial charge on any atom is -0.469 e. The van der Waals surface area contributed by atoms with Crippen molar-refractivity contribution in [1.29, 1.82) is 0 Å². The first kappa shape index (κ1) is 30.9. The van der Waals surface area contributed by atoms with Crippen LogP contribution in [0.2, 0.25) is 0 Å². The van der Waals surface area contributed by atoms with Crippen LogP contribution in [0.5, 0.6) is 0 Å². The summed E-state index contributed by atoms with van der Waals surface area (Å²) in [5, 5.41) is 0. The molecule has 0 N–H and O–H groups in total. The largest absolute Gasteiger partial charge is 0.469 e. The second-order valence-corrected chi connectivity index (χ2v) is 8.23. The zero-order valence-corrected chi connectivity index (χ0v) is 21.0. The molecule has 0 saturated heterocycles. The predicted molar refractivity (Wildman–Crippen MR) is 124 cm³/mol. The van der Waals surface area contributed by atoms with Crippen molar-refractivity contribution in [3.63, 3.8) is 0 Å². The first-order valence-electron chi connectivity index (χ1n) is 12.4. The molecule has 0 aliphatic heterocycles. The van der Waals surface area contributed by atoms with Gasteiger partial charge in [0.15, 0.2) is 0 Å². The Balaban J connectivity index is 4.81. The zero-order chi connectivity index (χ0) is 24.9. The van der Waals surface area contributed by atoms with Gasteiger partial charge in [0.2, 0.25) is 0 Å². The van der Waals surface area contributed by atoms with E-state index in [2.05, 4.69) is 0 Å². The third kappa shape index (κ3) is 17.1. The fourth-order valence-corrected chi connectivity index (χ4v) is 3.44. The molecule has 8 heteroatoms. The lowest BCUT2D eigenvalue weighted by Crippen LogP contribution is -2.20. The van der Waals surface area contributed by atoms with E-state index >= 15 is 0 Å². The monoisotopic (exact) mass is 472 g/mol. The van der Waals surface area contributed by atoms with Crippen molar-refractivity contribution in [2.45, 2.75) is 97.8 Å². The highest BCUT2D eigenvalue weighted by Crippen LogP contribution is 2.26. The number of hydrogen-bond acceptors (Lipinski definition) is 8. The van der Waals surface area contributed by atoms with Crippen molar-refractivity contribution < 1.29 is 38.1 Å². The summed E-state index contributed by atoms with van der Waals surface area (Å²) in [4.78, 5) is 47.8. The Morgan fingerprint density at radius 3 is 1.88 bits per heavy atom. The lowest BCUT2D eigenvalue weighted by Gasteiger charge is -2.20. The molecule has 192 valence electrons. The maximum Gasteiger partial charge on any atom is 0.308 e. The Morgan fingerprint density at radius 1 is 0.636 bits per heavy atom. The molecule has 0 saturated carbocycles. The summed E-state index contributed by atoms with van der Waals surface area (Å²) in [5.74, 6) is -1.31. The van der Waals surface area contributed by atoms with E-state index in [1.807, 2.05) is 13.8 Å². The molecule has 0 aliphatic carbocycles. The van der Waals surface area contributed by atoms with E-state index in [1.165, 1.54) is 7.11 Å². The first-order chi connectivity index (χ1) is 15.9. The summed E-state index contributed by atoms with van der Waals surface area (Å²) in [6, 6.07) is 0. The molecule has 0 aromatic heterocycles. The van der Waals surface area contributed by atoms with Gasteiger partial charge in [-0.25, -0.2) is 0 Å². The molecule has 0 rings (SSSR count). The van der Waals surface area contributed by atoms with Gasteiger partial charge < -0.3 is 18.9 Å². The van der Waals surface area contributed by atoms with Crippen molar-refractivity contribution in [2.24, 2.45) is 11.8 Å². The van der Waals surface area contributed by atoms with Crippen molar-refractivity contribution in [3.05, 3.63) is 0 Å². The van der Waals surface area contributed by atoms with Crippen LogP contribution in [-0.4, -0.2) is 50.8 Å². The van der Waals surface area contributed by atoms with Gasteiger partial charge in [-0.1, -0.05) is 20.3 Å². The highest BCUT2D eigenvalue weighted by atomic mass is 16.5. The Bertz CT molecular complexity index is 561. The molecular weight excluding hydrogens is 428 g/mol. The lowest BCUT2D eigenvalue weighted by atomic mass is 9.87. The smallest absolute Gasteiger partial charge is 0.308 e.